The summed E-state index contributed by atoms with van der Waals surface area (Å²) in [6, 6.07) is 6.17. The first-order valence-electron chi connectivity index (χ1n) is 6.01. The molecule has 1 heterocycles. The average Bonchev–Trinajstić information content (AvgIpc) is 2.29. The minimum absolute atomic E-state index is 0.683. The summed E-state index contributed by atoms with van der Waals surface area (Å²) in [6.07, 6.45) is 0. The fourth-order valence-electron chi connectivity index (χ4n) is 2.27. The second kappa shape index (κ2) is 5.98. The van der Waals surface area contributed by atoms with Crippen molar-refractivity contribution < 1.29 is 0 Å². The minimum atomic E-state index is 0.683. The Morgan fingerprint density at radius 3 is 3.06 bits per heavy atom. The molecule has 0 amide bonds. The lowest BCUT2D eigenvalue weighted by Crippen LogP contribution is -2.37. The lowest BCUT2D eigenvalue weighted by Gasteiger charge is -2.34. The zero-order valence-corrected chi connectivity index (χ0v) is 11.9. The Balaban J connectivity index is 2.28. The van der Waals surface area contributed by atoms with Crippen LogP contribution in [-0.2, 0) is 6.54 Å². The molecule has 1 fully saturated rings. The van der Waals surface area contributed by atoms with Gasteiger partial charge in [-0.2, -0.15) is 11.8 Å². The zero-order valence-electron chi connectivity index (χ0n) is 10.4. The van der Waals surface area contributed by atoms with E-state index in [1.165, 1.54) is 17.0 Å². The Morgan fingerprint density at radius 1 is 1.53 bits per heavy atom. The van der Waals surface area contributed by atoms with E-state index in [4.69, 9.17) is 11.6 Å². The summed E-state index contributed by atoms with van der Waals surface area (Å²) in [5, 5.41) is 4.77. The molecule has 2 nitrogen and oxygen atoms in total. The van der Waals surface area contributed by atoms with Gasteiger partial charge in [0.1, 0.15) is 0 Å². The van der Waals surface area contributed by atoms with Crippen molar-refractivity contribution in [3.05, 3.63) is 28.8 Å². The van der Waals surface area contributed by atoms with Crippen LogP contribution >= 0.6 is 23.4 Å². The first-order valence-corrected chi connectivity index (χ1v) is 7.43. The number of hydrogen-bond acceptors (Lipinski definition) is 3. The smallest absolute Gasteiger partial charge is 0.0642 e. The van der Waals surface area contributed by atoms with Crippen LogP contribution in [0.5, 0.6) is 0 Å². The molecular weight excluding hydrogens is 252 g/mol. The van der Waals surface area contributed by atoms with E-state index in [0.29, 0.717) is 5.25 Å². The quantitative estimate of drug-likeness (QED) is 0.909. The van der Waals surface area contributed by atoms with Crippen molar-refractivity contribution in [1.82, 2.24) is 5.32 Å². The maximum atomic E-state index is 6.37. The van der Waals surface area contributed by atoms with Gasteiger partial charge in [0.15, 0.2) is 0 Å². The molecule has 1 aromatic carbocycles. The zero-order chi connectivity index (χ0) is 12.3. The molecule has 17 heavy (non-hydrogen) atoms. The minimum Gasteiger partial charge on any atom is -0.368 e. The third kappa shape index (κ3) is 3.09. The Hall–Kier alpha value is -0.380. The van der Waals surface area contributed by atoms with E-state index in [9.17, 15) is 0 Å². The number of nitrogens with zero attached hydrogens (tertiary/aromatic N) is 1. The van der Waals surface area contributed by atoms with Gasteiger partial charge in [-0.05, 0) is 18.7 Å². The molecule has 1 N–H and O–H groups in total. The normalized spacial score (nSPS) is 20.6. The van der Waals surface area contributed by atoms with Crippen LogP contribution in [-0.4, -0.2) is 31.1 Å². The van der Waals surface area contributed by atoms with Crippen LogP contribution in [0.1, 0.15) is 12.5 Å². The summed E-state index contributed by atoms with van der Waals surface area (Å²) in [7, 11) is 1.97. The van der Waals surface area contributed by atoms with Gasteiger partial charge in [-0.3, -0.25) is 0 Å². The second-order valence-electron chi connectivity index (χ2n) is 4.41. The van der Waals surface area contributed by atoms with Crippen LogP contribution in [0.25, 0.3) is 0 Å². The predicted octanol–water partition coefficient (Wildman–Crippen LogP) is 3.00. The highest BCUT2D eigenvalue weighted by Crippen LogP contribution is 2.33. The summed E-state index contributed by atoms with van der Waals surface area (Å²) in [5.74, 6) is 1.19. The Bertz CT molecular complexity index is 384. The average molecular weight is 271 g/mol. The van der Waals surface area contributed by atoms with E-state index in [-0.39, 0.29) is 0 Å². The van der Waals surface area contributed by atoms with Gasteiger partial charge in [0.05, 0.1) is 10.7 Å². The number of anilines is 1. The van der Waals surface area contributed by atoms with Crippen LogP contribution in [0.3, 0.4) is 0 Å². The molecule has 1 atom stereocenters. The van der Waals surface area contributed by atoms with E-state index >= 15 is 0 Å². The molecule has 1 aromatic rings. The standard InChI is InChI=1S/C13H19ClN2S/c1-10-9-16(6-7-17-10)13-11(8-15-2)4-3-5-12(13)14/h3-5,10,15H,6-9H2,1-2H3. The lowest BCUT2D eigenvalue weighted by molar-refractivity contribution is 0.761. The van der Waals surface area contributed by atoms with Crippen molar-refractivity contribution in [1.29, 1.82) is 0 Å². The molecule has 1 aliphatic heterocycles. The number of benzene rings is 1. The molecule has 2 rings (SSSR count). The fraction of sp³-hybridized carbons (Fsp3) is 0.538. The molecule has 0 radical (unpaired) electrons. The third-order valence-corrected chi connectivity index (χ3v) is 4.44. The molecule has 0 spiro atoms. The van der Waals surface area contributed by atoms with Crippen molar-refractivity contribution in [2.45, 2.75) is 18.7 Å². The van der Waals surface area contributed by atoms with Crippen molar-refractivity contribution in [2.24, 2.45) is 0 Å². The number of nitrogens with one attached hydrogen (secondary N) is 1. The van der Waals surface area contributed by atoms with Gasteiger partial charge in [0.25, 0.3) is 0 Å². The third-order valence-electron chi connectivity index (χ3n) is 2.99. The molecule has 0 saturated carbocycles. The largest absolute Gasteiger partial charge is 0.368 e. The SMILES string of the molecule is CNCc1cccc(Cl)c1N1CCSC(C)C1. The van der Waals surface area contributed by atoms with Crippen molar-refractivity contribution >= 4 is 29.1 Å². The number of rotatable bonds is 3. The molecule has 4 heteroatoms. The van der Waals surface area contributed by atoms with Gasteiger partial charge in [-0.15, -0.1) is 0 Å². The number of hydrogen-bond donors (Lipinski definition) is 1. The maximum absolute atomic E-state index is 6.37. The molecule has 1 aliphatic rings. The number of halogens is 1. The van der Waals surface area contributed by atoms with E-state index < -0.39 is 0 Å². The number of thioether (sulfide) groups is 1. The van der Waals surface area contributed by atoms with Gasteiger partial charge in [0, 0.05) is 30.6 Å². The van der Waals surface area contributed by atoms with E-state index in [1.54, 1.807) is 0 Å². The van der Waals surface area contributed by atoms with E-state index in [2.05, 4.69) is 23.2 Å². The van der Waals surface area contributed by atoms with Gasteiger partial charge in [-0.1, -0.05) is 30.7 Å². The molecular formula is C13H19ClN2S. The molecule has 0 aromatic heterocycles. The Morgan fingerprint density at radius 2 is 2.35 bits per heavy atom. The summed E-state index contributed by atoms with van der Waals surface area (Å²) in [6.45, 7) is 5.33. The molecule has 0 bridgehead atoms. The van der Waals surface area contributed by atoms with Gasteiger partial charge in [0.2, 0.25) is 0 Å². The fourth-order valence-corrected chi connectivity index (χ4v) is 3.60. The monoisotopic (exact) mass is 270 g/mol. The van der Waals surface area contributed by atoms with E-state index in [1.807, 2.05) is 30.9 Å². The topological polar surface area (TPSA) is 15.3 Å². The summed E-state index contributed by atoms with van der Waals surface area (Å²) in [5.41, 5.74) is 2.51. The van der Waals surface area contributed by atoms with Crippen LogP contribution in [0.4, 0.5) is 5.69 Å². The highest BCUT2D eigenvalue weighted by molar-refractivity contribution is 8.00. The highest BCUT2D eigenvalue weighted by Gasteiger charge is 2.20. The van der Waals surface area contributed by atoms with Crippen molar-refractivity contribution in [2.75, 3.05) is 30.8 Å². The lowest BCUT2D eigenvalue weighted by atomic mass is 10.1. The molecule has 1 unspecified atom stereocenters. The van der Waals surface area contributed by atoms with Crippen molar-refractivity contribution in [3.63, 3.8) is 0 Å². The molecule has 1 saturated heterocycles. The Labute approximate surface area is 113 Å². The first kappa shape index (κ1) is 13.1. The second-order valence-corrected chi connectivity index (χ2v) is 6.36. The molecule has 94 valence electrons. The van der Waals surface area contributed by atoms with Gasteiger partial charge >= 0.3 is 0 Å². The van der Waals surface area contributed by atoms with Crippen LogP contribution in [0, 0.1) is 0 Å². The Kier molecular flexibility index (Phi) is 4.60. The number of para-hydroxylation sites is 1. The van der Waals surface area contributed by atoms with Crippen molar-refractivity contribution in [3.8, 4) is 0 Å². The molecule has 0 aliphatic carbocycles. The van der Waals surface area contributed by atoms with Gasteiger partial charge < -0.3 is 10.2 Å². The summed E-state index contributed by atoms with van der Waals surface area (Å²) < 4.78 is 0. The van der Waals surface area contributed by atoms with Gasteiger partial charge in [-0.25, -0.2) is 0 Å². The highest BCUT2D eigenvalue weighted by atomic mass is 35.5. The van der Waals surface area contributed by atoms with Crippen LogP contribution < -0.4 is 10.2 Å². The van der Waals surface area contributed by atoms with Crippen LogP contribution in [0.2, 0.25) is 5.02 Å². The first-order chi connectivity index (χ1) is 8.22. The van der Waals surface area contributed by atoms with E-state index in [0.717, 1.165) is 24.7 Å². The summed E-state index contributed by atoms with van der Waals surface area (Å²) >= 11 is 8.41. The van der Waals surface area contributed by atoms with Crippen LogP contribution in [0.15, 0.2) is 18.2 Å². The predicted molar refractivity (Wildman–Crippen MR) is 78.3 cm³/mol. The maximum Gasteiger partial charge on any atom is 0.0642 e. The summed E-state index contributed by atoms with van der Waals surface area (Å²) in [4.78, 5) is 2.43.